The number of thioether (sulfide) groups is 1. The van der Waals surface area contributed by atoms with Crippen LogP contribution in [0.2, 0.25) is 0 Å². The molecule has 0 radical (unpaired) electrons. The standard InChI is InChI=1S/C15H23NS/c1-2-17-10-11(1)9-16-15-6-12-3-13(7-15)5-14(4-12)8-15/h10,12-14,16H,1-9H2. The zero-order chi connectivity index (χ0) is 11.3. The van der Waals surface area contributed by atoms with Gasteiger partial charge in [0.2, 0.25) is 0 Å². The molecule has 0 amide bonds. The Morgan fingerprint density at radius 3 is 2.29 bits per heavy atom. The Kier molecular flexibility index (Phi) is 2.59. The van der Waals surface area contributed by atoms with Crippen LogP contribution in [0.15, 0.2) is 11.0 Å². The van der Waals surface area contributed by atoms with Crippen LogP contribution >= 0.6 is 11.8 Å². The lowest BCUT2D eigenvalue weighted by molar-refractivity contribution is -0.0182. The normalized spacial score (nSPS) is 47.5. The zero-order valence-corrected chi connectivity index (χ0v) is 11.4. The van der Waals surface area contributed by atoms with E-state index in [0.29, 0.717) is 5.54 Å². The molecule has 1 N–H and O–H groups in total. The van der Waals surface area contributed by atoms with Gasteiger partial charge in [-0.25, -0.2) is 0 Å². The van der Waals surface area contributed by atoms with Crippen LogP contribution in [0.4, 0.5) is 0 Å². The summed E-state index contributed by atoms with van der Waals surface area (Å²) in [5.74, 6) is 4.53. The van der Waals surface area contributed by atoms with Crippen molar-refractivity contribution in [3.05, 3.63) is 11.0 Å². The number of rotatable bonds is 3. The maximum atomic E-state index is 3.99. The van der Waals surface area contributed by atoms with Crippen molar-refractivity contribution in [3.63, 3.8) is 0 Å². The maximum absolute atomic E-state index is 3.99. The van der Waals surface area contributed by atoms with E-state index in [1.807, 2.05) is 11.8 Å². The molecule has 0 unspecified atom stereocenters. The van der Waals surface area contributed by atoms with Gasteiger partial charge in [-0.3, -0.25) is 0 Å². The fraction of sp³-hybridized carbons (Fsp3) is 0.867. The van der Waals surface area contributed by atoms with E-state index in [-0.39, 0.29) is 0 Å². The fourth-order valence-corrected chi connectivity index (χ4v) is 6.12. The molecule has 4 saturated carbocycles. The lowest BCUT2D eigenvalue weighted by atomic mass is 9.53. The second kappa shape index (κ2) is 4.03. The Morgan fingerprint density at radius 1 is 1.12 bits per heavy atom. The fourth-order valence-electron chi connectivity index (χ4n) is 5.18. The van der Waals surface area contributed by atoms with Crippen molar-refractivity contribution in [1.29, 1.82) is 0 Å². The minimum absolute atomic E-state index is 0.558. The van der Waals surface area contributed by atoms with Crippen LogP contribution in [-0.2, 0) is 0 Å². The van der Waals surface area contributed by atoms with Crippen LogP contribution in [0.3, 0.4) is 0 Å². The highest BCUT2D eigenvalue weighted by molar-refractivity contribution is 8.02. The predicted molar refractivity (Wildman–Crippen MR) is 74.1 cm³/mol. The summed E-state index contributed by atoms with van der Waals surface area (Å²) in [6.45, 7) is 1.18. The first-order chi connectivity index (χ1) is 8.31. The first kappa shape index (κ1) is 10.9. The summed E-state index contributed by atoms with van der Waals surface area (Å²) in [4.78, 5) is 0. The quantitative estimate of drug-likeness (QED) is 0.820. The summed E-state index contributed by atoms with van der Waals surface area (Å²) in [5.41, 5.74) is 2.22. The summed E-state index contributed by atoms with van der Waals surface area (Å²) >= 11 is 2.00. The van der Waals surface area contributed by atoms with E-state index in [2.05, 4.69) is 10.7 Å². The van der Waals surface area contributed by atoms with Gasteiger partial charge in [0.05, 0.1) is 0 Å². The molecule has 1 aliphatic heterocycles. The Balaban J connectivity index is 1.45. The summed E-state index contributed by atoms with van der Waals surface area (Å²) in [6.07, 6.45) is 10.4. The molecule has 0 aromatic carbocycles. The average molecular weight is 249 g/mol. The monoisotopic (exact) mass is 249 g/mol. The molecule has 2 heteroatoms. The molecule has 0 spiro atoms. The van der Waals surface area contributed by atoms with Gasteiger partial charge in [-0.05, 0) is 73.7 Å². The van der Waals surface area contributed by atoms with Crippen molar-refractivity contribution < 1.29 is 0 Å². The molecule has 94 valence electrons. The molecule has 4 bridgehead atoms. The summed E-state index contributed by atoms with van der Waals surface area (Å²) in [6, 6.07) is 0. The molecule has 0 atom stereocenters. The molecule has 0 saturated heterocycles. The van der Waals surface area contributed by atoms with Crippen LogP contribution in [-0.4, -0.2) is 17.8 Å². The third-order valence-electron chi connectivity index (χ3n) is 5.52. The molecule has 1 heterocycles. The molecule has 17 heavy (non-hydrogen) atoms. The second-order valence-electron chi connectivity index (χ2n) is 6.95. The average Bonchev–Trinajstić information content (AvgIpc) is 2.77. The Bertz CT molecular complexity index is 312. The highest BCUT2D eigenvalue weighted by Gasteiger charge is 2.50. The van der Waals surface area contributed by atoms with Crippen LogP contribution in [0.25, 0.3) is 0 Å². The van der Waals surface area contributed by atoms with Gasteiger partial charge in [0, 0.05) is 17.8 Å². The van der Waals surface area contributed by atoms with Gasteiger partial charge in [-0.1, -0.05) is 0 Å². The largest absolute Gasteiger partial charge is 0.307 e. The maximum Gasteiger partial charge on any atom is 0.0192 e. The van der Waals surface area contributed by atoms with Gasteiger partial charge < -0.3 is 5.32 Å². The first-order valence-corrected chi connectivity index (χ1v) is 8.41. The Labute approximate surface area is 109 Å². The van der Waals surface area contributed by atoms with Crippen LogP contribution in [0.5, 0.6) is 0 Å². The highest BCUT2D eigenvalue weighted by Crippen LogP contribution is 2.55. The zero-order valence-electron chi connectivity index (χ0n) is 10.6. The van der Waals surface area contributed by atoms with Crippen LogP contribution in [0, 0.1) is 17.8 Å². The van der Waals surface area contributed by atoms with E-state index >= 15 is 0 Å². The van der Waals surface area contributed by atoms with Crippen molar-refractivity contribution in [3.8, 4) is 0 Å². The van der Waals surface area contributed by atoms with E-state index < -0.39 is 0 Å². The molecular formula is C15H23NS. The van der Waals surface area contributed by atoms with E-state index in [4.69, 9.17) is 0 Å². The van der Waals surface area contributed by atoms with Gasteiger partial charge in [0.25, 0.3) is 0 Å². The van der Waals surface area contributed by atoms with E-state index in [9.17, 15) is 0 Å². The molecule has 4 aliphatic carbocycles. The van der Waals surface area contributed by atoms with Crippen molar-refractivity contribution in [2.45, 2.75) is 50.5 Å². The summed E-state index contributed by atoms with van der Waals surface area (Å²) < 4.78 is 0. The summed E-state index contributed by atoms with van der Waals surface area (Å²) in [7, 11) is 0. The minimum atomic E-state index is 0.558. The van der Waals surface area contributed by atoms with Crippen molar-refractivity contribution >= 4 is 11.8 Å². The SMILES string of the molecule is C1=C(CNC23CC4CC(CC(C4)C2)C3)CCS1. The highest BCUT2D eigenvalue weighted by atomic mass is 32.2. The van der Waals surface area contributed by atoms with E-state index in [1.165, 1.54) is 38.0 Å². The van der Waals surface area contributed by atoms with Crippen molar-refractivity contribution in [1.82, 2.24) is 5.32 Å². The second-order valence-corrected chi connectivity index (χ2v) is 7.93. The first-order valence-electron chi connectivity index (χ1n) is 7.36. The molecule has 0 aromatic heterocycles. The van der Waals surface area contributed by atoms with Crippen molar-refractivity contribution in [2.24, 2.45) is 17.8 Å². The number of nitrogens with one attached hydrogen (secondary N) is 1. The Morgan fingerprint density at radius 2 is 1.76 bits per heavy atom. The lowest BCUT2D eigenvalue weighted by Gasteiger charge is -2.57. The Hall–Kier alpha value is 0.0500. The smallest absolute Gasteiger partial charge is 0.0192 e. The minimum Gasteiger partial charge on any atom is -0.307 e. The van der Waals surface area contributed by atoms with Gasteiger partial charge in [-0.2, -0.15) is 0 Å². The third-order valence-corrected chi connectivity index (χ3v) is 6.46. The van der Waals surface area contributed by atoms with E-state index in [1.54, 1.807) is 24.8 Å². The van der Waals surface area contributed by atoms with Crippen LogP contribution in [0.1, 0.15) is 44.9 Å². The van der Waals surface area contributed by atoms with Crippen molar-refractivity contribution in [2.75, 3.05) is 12.3 Å². The molecule has 5 aliphatic rings. The van der Waals surface area contributed by atoms with Gasteiger partial charge in [0.1, 0.15) is 0 Å². The lowest BCUT2D eigenvalue weighted by Crippen LogP contribution is -2.58. The van der Waals surface area contributed by atoms with Gasteiger partial charge in [-0.15, -0.1) is 11.8 Å². The molecule has 1 nitrogen and oxygen atoms in total. The van der Waals surface area contributed by atoms with Gasteiger partial charge >= 0.3 is 0 Å². The molecule has 4 fully saturated rings. The number of hydrogen-bond acceptors (Lipinski definition) is 2. The predicted octanol–water partition coefficient (Wildman–Crippen LogP) is 3.57. The third kappa shape index (κ3) is 1.98. The molecule has 0 aromatic rings. The van der Waals surface area contributed by atoms with Crippen LogP contribution < -0.4 is 5.32 Å². The number of hydrogen-bond donors (Lipinski definition) is 1. The molecule has 5 rings (SSSR count). The molecular weight excluding hydrogens is 226 g/mol. The van der Waals surface area contributed by atoms with E-state index in [0.717, 1.165) is 17.8 Å². The summed E-state index contributed by atoms with van der Waals surface area (Å²) in [5, 5.41) is 6.38. The van der Waals surface area contributed by atoms with Gasteiger partial charge in [0.15, 0.2) is 0 Å². The topological polar surface area (TPSA) is 12.0 Å².